The minimum absolute atomic E-state index is 0.270. The highest BCUT2D eigenvalue weighted by atomic mass is 35.5. The third kappa shape index (κ3) is 4.30. The second-order valence-corrected chi connectivity index (χ2v) is 8.74. The summed E-state index contributed by atoms with van der Waals surface area (Å²) in [5.41, 5.74) is 5.78. The Morgan fingerprint density at radius 1 is 1.33 bits per heavy atom. The Kier molecular flexibility index (Phi) is 6.55. The van der Waals surface area contributed by atoms with Gasteiger partial charge in [0.2, 0.25) is 0 Å². The number of allylic oxidation sites excluding steroid dienone is 7. The van der Waals surface area contributed by atoms with Crippen molar-refractivity contribution in [2.24, 2.45) is 11.8 Å². The number of nitrogens with one attached hydrogen (secondary N) is 1. The highest BCUT2D eigenvalue weighted by molar-refractivity contribution is 6.30. The number of rotatable bonds is 4. The van der Waals surface area contributed by atoms with Crippen LogP contribution < -0.4 is 5.32 Å². The zero-order valence-corrected chi connectivity index (χ0v) is 18.4. The molecule has 2 unspecified atom stereocenters. The van der Waals surface area contributed by atoms with Gasteiger partial charge in [0.15, 0.2) is 0 Å². The molecule has 1 aromatic rings. The lowest BCUT2D eigenvalue weighted by atomic mass is 9.72. The van der Waals surface area contributed by atoms with Gasteiger partial charge in [-0.2, -0.15) is 0 Å². The van der Waals surface area contributed by atoms with Gasteiger partial charge in [0.25, 0.3) is 0 Å². The van der Waals surface area contributed by atoms with Gasteiger partial charge in [0, 0.05) is 28.8 Å². The second kappa shape index (κ2) is 9.32. The minimum Gasteiger partial charge on any atom is -0.463 e. The van der Waals surface area contributed by atoms with Crippen LogP contribution in [0.1, 0.15) is 50.3 Å². The number of carbonyl (C=O) groups excluding carboxylic acids is 1. The van der Waals surface area contributed by atoms with E-state index in [0.29, 0.717) is 18.4 Å². The molecule has 1 saturated heterocycles. The van der Waals surface area contributed by atoms with E-state index >= 15 is 0 Å². The average Bonchev–Trinajstić information content (AvgIpc) is 2.88. The van der Waals surface area contributed by atoms with Gasteiger partial charge in [0.1, 0.15) is 0 Å². The van der Waals surface area contributed by atoms with Gasteiger partial charge in [-0.15, -0.1) is 0 Å². The number of carbonyl (C=O) groups is 1. The maximum absolute atomic E-state index is 12.0. The van der Waals surface area contributed by atoms with E-state index < -0.39 is 0 Å². The average molecular weight is 425 g/mol. The van der Waals surface area contributed by atoms with Crippen LogP contribution in [0.2, 0.25) is 0 Å². The Labute approximate surface area is 183 Å². The summed E-state index contributed by atoms with van der Waals surface area (Å²) < 4.78 is 5.09. The summed E-state index contributed by atoms with van der Waals surface area (Å²) in [6.45, 7) is 6.45. The molecule has 5 heteroatoms. The molecule has 158 valence electrons. The Morgan fingerprint density at radius 2 is 2.13 bits per heavy atom. The van der Waals surface area contributed by atoms with Crippen molar-refractivity contribution in [3.63, 3.8) is 0 Å². The molecule has 0 bridgehead atoms. The quantitative estimate of drug-likeness (QED) is 0.537. The lowest BCUT2D eigenvalue weighted by molar-refractivity contribution is -0.137. The van der Waals surface area contributed by atoms with Crippen molar-refractivity contribution in [3.05, 3.63) is 70.1 Å². The van der Waals surface area contributed by atoms with E-state index in [2.05, 4.69) is 30.5 Å². The van der Waals surface area contributed by atoms with Gasteiger partial charge in [-0.1, -0.05) is 30.2 Å². The molecule has 0 aromatic carbocycles. The van der Waals surface area contributed by atoms with Gasteiger partial charge in [-0.3, -0.25) is 4.98 Å². The van der Waals surface area contributed by atoms with Gasteiger partial charge < -0.3 is 10.1 Å². The fourth-order valence-corrected chi connectivity index (χ4v) is 5.06. The van der Waals surface area contributed by atoms with Crippen LogP contribution in [0.4, 0.5) is 0 Å². The summed E-state index contributed by atoms with van der Waals surface area (Å²) in [6.07, 6.45) is 12.8. The molecule has 2 heterocycles. The fraction of sp³-hybridized carbons (Fsp3) is 0.440. The van der Waals surface area contributed by atoms with Gasteiger partial charge >= 0.3 is 5.97 Å². The van der Waals surface area contributed by atoms with Crippen LogP contribution in [0.25, 0.3) is 5.57 Å². The zero-order valence-electron chi connectivity index (χ0n) is 17.7. The van der Waals surface area contributed by atoms with Gasteiger partial charge in [0.05, 0.1) is 12.3 Å². The Bertz CT molecular complexity index is 938. The molecule has 0 amide bonds. The molecule has 0 radical (unpaired) electrons. The standard InChI is InChI=1S/C25H29ClN2O2/c1-3-30-23(29)7-6-18-14-19-15-22(26)16(2)13-21(19)24(17-8-11-27-12-9-17)25-20(18)5-4-10-28-25/h4-7,10,14-17,24,27H,3,8-9,11-13H2,1-2H3/b7-6+. The van der Waals surface area contributed by atoms with Crippen LogP contribution in [0.3, 0.4) is 0 Å². The van der Waals surface area contributed by atoms with Crippen molar-refractivity contribution >= 4 is 23.1 Å². The number of ether oxygens (including phenoxy) is 1. The summed E-state index contributed by atoms with van der Waals surface area (Å²) in [5.74, 6) is 0.797. The van der Waals surface area contributed by atoms with E-state index in [1.165, 1.54) is 17.2 Å². The summed E-state index contributed by atoms with van der Waals surface area (Å²) in [4.78, 5) is 16.9. The molecule has 2 aliphatic carbocycles. The molecule has 4 rings (SSSR count). The second-order valence-electron chi connectivity index (χ2n) is 8.30. The van der Waals surface area contributed by atoms with Crippen LogP contribution in [-0.4, -0.2) is 30.6 Å². The van der Waals surface area contributed by atoms with Crippen molar-refractivity contribution in [3.8, 4) is 0 Å². The van der Waals surface area contributed by atoms with E-state index in [4.69, 9.17) is 21.3 Å². The van der Waals surface area contributed by atoms with E-state index in [1.54, 1.807) is 0 Å². The third-order valence-corrected chi connectivity index (χ3v) is 6.81. The van der Waals surface area contributed by atoms with E-state index in [1.807, 2.05) is 25.3 Å². The first-order chi connectivity index (χ1) is 14.6. The number of fused-ring (bicyclic) bond motifs is 1. The smallest absolute Gasteiger partial charge is 0.330 e. The Hall–Kier alpha value is -2.17. The minimum atomic E-state index is -0.331. The number of esters is 1. The predicted octanol–water partition coefficient (Wildman–Crippen LogP) is 5.14. The van der Waals surface area contributed by atoms with Crippen LogP contribution in [0.15, 0.2) is 58.8 Å². The zero-order chi connectivity index (χ0) is 21.1. The maximum Gasteiger partial charge on any atom is 0.330 e. The molecule has 1 fully saturated rings. The van der Waals surface area contributed by atoms with Crippen molar-refractivity contribution in [2.75, 3.05) is 19.7 Å². The summed E-state index contributed by atoms with van der Waals surface area (Å²) in [7, 11) is 0. The first-order valence-electron chi connectivity index (χ1n) is 10.9. The van der Waals surface area contributed by atoms with Crippen molar-refractivity contribution in [1.29, 1.82) is 0 Å². The van der Waals surface area contributed by atoms with Crippen LogP contribution >= 0.6 is 11.6 Å². The molecule has 1 aliphatic heterocycles. The number of halogens is 1. The van der Waals surface area contributed by atoms with Gasteiger partial charge in [-0.25, -0.2) is 4.79 Å². The van der Waals surface area contributed by atoms with E-state index in [9.17, 15) is 4.79 Å². The number of aromatic nitrogens is 1. The monoisotopic (exact) mass is 424 g/mol. The highest BCUT2D eigenvalue weighted by Crippen LogP contribution is 2.48. The SMILES string of the molecule is CCOC(=O)/C=C/C1=CC2=C(CC(C)C(Cl)=C2)C(C2CCNCC2)c2ncccc21. The normalized spacial score (nSPS) is 24.6. The summed E-state index contributed by atoms with van der Waals surface area (Å²) in [6, 6.07) is 4.09. The maximum atomic E-state index is 12.0. The molecular formula is C25H29ClN2O2. The first kappa shape index (κ1) is 21.1. The van der Waals surface area contributed by atoms with Crippen LogP contribution in [-0.2, 0) is 9.53 Å². The topological polar surface area (TPSA) is 51.2 Å². The molecular weight excluding hydrogens is 396 g/mol. The summed E-state index contributed by atoms with van der Waals surface area (Å²) in [5, 5.41) is 4.38. The molecule has 1 aromatic heterocycles. The lowest BCUT2D eigenvalue weighted by Gasteiger charge is -2.35. The highest BCUT2D eigenvalue weighted by Gasteiger charge is 2.36. The van der Waals surface area contributed by atoms with Crippen LogP contribution in [0.5, 0.6) is 0 Å². The number of pyridine rings is 1. The molecule has 0 spiro atoms. The van der Waals surface area contributed by atoms with Crippen molar-refractivity contribution < 1.29 is 9.53 Å². The first-order valence-corrected chi connectivity index (χ1v) is 11.3. The molecule has 30 heavy (non-hydrogen) atoms. The molecule has 3 aliphatic rings. The Morgan fingerprint density at radius 3 is 2.90 bits per heavy atom. The number of nitrogens with zero attached hydrogens (tertiary/aromatic N) is 1. The van der Waals surface area contributed by atoms with E-state index in [0.717, 1.165) is 54.2 Å². The molecule has 0 saturated carbocycles. The number of piperidine rings is 1. The van der Waals surface area contributed by atoms with Crippen molar-refractivity contribution in [1.82, 2.24) is 10.3 Å². The molecule has 4 nitrogen and oxygen atoms in total. The van der Waals surface area contributed by atoms with Crippen LogP contribution in [0, 0.1) is 11.8 Å². The fourth-order valence-electron chi connectivity index (χ4n) is 4.86. The number of hydrogen-bond donors (Lipinski definition) is 1. The van der Waals surface area contributed by atoms with E-state index in [-0.39, 0.29) is 11.9 Å². The number of hydrogen-bond acceptors (Lipinski definition) is 4. The predicted molar refractivity (Wildman–Crippen MR) is 121 cm³/mol. The largest absolute Gasteiger partial charge is 0.463 e. The van der Waals surface area contributed by atoms with Gasteiger partial charge in [-0.05, 0) is 86.6 Å². The lowest BCUT2D eigenvalue weighted by Crippen LogP contribution is -2.32. The summed E-state index contributed by atoms with van der Waals surface area (Å²) >= 11 is 6.58. The Balaban J connectivity index is 1.85. The third-order valence-electron chi connectivity index (χ3n) is 6.33. The molecule has 2 atom stereocenters. The molecule has 1 N–H and O–H groups in total. The van der Waals surface area contributed by atoms with Crippen molar-refractivity contribution in [2.45, 2.75) is 39.0 Å².